The molecule has 1 aliphatic rings. The van der Waals surface area contributed by atoms with Crippen molar-refractivity contribution < 1.29 is 9.18 Å². The van der Waals surface area contributed by atoms with Crippen molar-refractivity contribution >= 4 is 23.1 Å². The zero-order chi connectivity index (χ0) is 17.8. The van der Waals surface area contributed by atoms with Gasteiger partial charge in [0.05, 0.1) is 17.6 Å². The molecule has 0 radical (unpaired) electrons. The van der Waals surface area contributed by atoms with Gasteiger partial charge in [0.1, 0.15) is 11.6 Å². The summed E-state index contributed by atoms with van der Waals surface area (Å²) in [6, 6.07) is 10.7. The minimum atomic E-state index is -0.178. The normalized spacial score (nSPS) is 14.7. The van der Waals surface area contributed by atoms with Crippen molar-refractivity contribution in [1.29, 1.82) is 0 Å². The Morgan fingerprint density at radius 2 is 1.76 bits per heavy atom. The lowest BCUT2D eigenvalue weighted by molar-refractivity contribution is -0.118. The summed E-state index contributed by atoms with van der Waals surface area (Å²) in [5.41, 5.74) is 1.67. The topological polar surface area (TPSA) is 48.5 Å². The molecule has 3 rings (SSSR count). The maximum absolute atomic E-state index is 13.9. The van der Waals surface area contributed by atoms with Crippen LogP contribution in [0.25, 0.3) is 0 Å². The molecule has 0 atom stereocenters. The molecule has 1 aromatic heterocycles. The summed E-state index contributed by atoms with van der Waals surface area (Å²) in [7, 11) is 0. The van der Waals surface area contributed by atoms with Crippen LogP contribution in [0.4, 0.5) is 21.6 Å². The average molecular weight is 342 g/mol. The van der Waals surface area contributed by atoms with Crippen molar-refractivity contribution in [3.05, 3.63) is 48.4 Å². The maximum atomic E-state index is 13.9. The van der Waals surface area contributed by atoms with Gasteiger partial charge in [-0.25, -0.2) is 9.37 Å². The monoisotopic (exact) mass is 342 g/mol. The van der Waals surface area contributed by atoms with E-state index in [9.17, 15) is 9.18 Å². The van der Waals surface area contributed by atoms with E-state index in [4.69, 9.17) is 0 Å². The molecule has 0 spiro atoms. The maximum Gasteiger partial charge on any atom is 0.228 e. The first-order valence-corrected chi connectivity index (χ1v) is 8.56. The van der Waals surface area contributed by atoms with E-state index in [1.54, 1.807) is 12.3 Å². The SMILES string of the molecule is CC(C)C(=O)Nc1ccc(N2CCN(c3ccccc3F)CC2)cn1. The van der Waals surface area contributed by atoms with Crippen LogP contribution < -0.4 is 15.1 Å². The van der Waals surface area contributed by atoms with Crippen molar-refractivity contribution in [2.45, 2.75) is 13.8 Å². The highest BCUT2D eigenvalue weighted by Gasteiger charge is 2.19. The number of carbonyl (C=O) groups is 1. The first-order chi connectivity index (χ1) is 12.0. The highest BCUT2D eigenvalue weighted by Crippen LogP contribution is 2.23. The molecule has 1 aromatic carbocycles. The Labute approximate surface area is 147 Å². The highest BCUT2D eigenvalue weighted by atomic mass is 19.1. The number of benzene rings is 1. The minimum absolute atomic E-state index is 0.0428. The van der Waals surface area contributed by atoms with E-state index in [2.05, 4.69) is 20.1 Å². The Morgan fingerprint density at radius 3 is 2.36 bits per heavy atom. The number of hydrogen-bond donors (Lipinski definition) is 1. The number of rotatable bonds is 4. The molecule has 6 heteroatoms. The molecule has 0 aliphatic carbocycles. The zero-order valence-corrected chi connectivity index (χ0v) is 14.6. The van der Waals surface area contributed by atoms with Crippen molar-refractivity contribution in [2.24, 2.45) is 5.92 Å². The average Bonchev–Trinajstić information content (AvgIpc) is 2.63. The summed E-state index contributed by atoms with van der Waals surface area (Å²) in [5.74, 6) is 0.266. The van der Waals surface area contributed by atoms with Crippen LogP contribution in [0.1, 0.15) is 13.8 Å². The van der Waals surface area contributed by atoms with Crippen LogP contribution in [0.3, 0.4) is 0 Å². The Hall–Kier alpha value is -2.63. The van der Waals surface area contributed by atoms with Crippen molar-refractivity contribution in [1.82, 2.24) is 4.98 Å². The largest absolute Gasteiger partial charge is 0.367 e. The van der Waals surface area contributed by atoms with E-state index in [1.165, 1.54) is 6.07 Å². The Balaban J connectivity index is 1.59. The van der Waals surface area contributed by atoms with E-state index >= 15 is 0 Å². The molecule has 0 bridgehead atoms. The molecule has 2 aromatic rings. The number of pyridine rings is 1. The number of carbonyl (C=O) groups excluding carboxylic acids is 1. The third kappa shape index (κ3) is 4.07. The second-order valence-electron chi connectivity index (χ2n) is 6.47. The molecular weight excluding hydrogens is 319 g/mol. The van der Waals surface area contributed by atoms with Gasteiger partial charge in [0.2, 0.25) is 5.91 Å². The van der Waals surface area contributed by atoms with Crippen molar-refractivity contribution in [3.8, 4) is 0 Å². The summed E-state index contributed by atoms with van der Waals surface area (Å²) >= 11 is 0. The molecule has 2 heterocycles. The molecule has 1 fully saturated rings. The predicted octanol–water partition coefficient (Wildman–Crippen LogP) is 3.14. The molecule has 1 aliphatic heterocycles. The summed E-state index contributed by atoms with van der Waals surface area (Å²) in [4.78, 5) is 20.3. The number of aromatic nitrogens is 1. The van der Waals surface area contributed by atoms with Crippen LogP contribution in [0.2, 0.25) is 0 Å². The van der Waals surface area contributed by atoms with Crippen LogP contribution in [-0.4, -0.2) is 37.1 Å². The first kappa shape index (κ1) is 17.2. The Bertz CT molecular complexity index is 724. The number of nitrogens with zero attached hydrogens (tertiary/aromatic N) is 3. The molecule has 1 saturated heterocycles. The minimum Gasteiger partial charge on any atom is -0.367 e. The molecule has 1 amide bonds. The van der Waals surface area contributed by atoms with Crippen molar-refractivity contribution in [3.63, 3.8) is 0 Å². The number of anilines is 3. The van der Waals surface area contributed by atoms with Gasteiger partial charge in [0, 0.05) is 32.1 Å². The van der Waals surface area contributed by atoms with Gasteiger partial charge in [0.15, 0.2) is 0 Å². The summed E-state index contributed by atoms with van der Waals surface area (Å²) in [6.45, 7) is 6.80. The van der Waals surface area contributed by atoms with E-state index in [-0.39, 0.29) is 17.6 Å². The van der Waals surface area contributed by atoms with Crippen LogP contribution >= 0.6 is 0 Å². The zero-order valence-electron chi connectivity index (χ0n) is 14.6. The fourth-order valence-electron chi connectivity index (χ4n) is 2.83. The molecule has 1 N–H and O–H groups in total. The van der Waals surface area contributed by atoms with Crippen LogP contribution in [0.5, 0.6) is 0 Å². The number of nitrogens with one attached hydrogen (secondary N) is 1. The lowest BCUT2D eigenvalue weighted by Crippen LogP contribution is -2.46. The number of piperazine rings is 1. The van der Waals surface area contributed by atoms with Crippen LogP contribution in [0.15, 0.2) is 42.6 Å². The van der Waals surface area contributed by atoms with Gasteiger partial charge < -0.3 is 15.1 Å². The van der Waals surface area contributed by atoms with E-state index < -0.39 is 0 Å². The first-order valence-electron chi connectivity index (χ1n) is 8.56. The van der Waals surface area contributed by atoms with Gasteiger partial charge in [-0.2, -0.15) is 0 Å². The molecule has 25 heavy (non-hydrogen) atoms. The molecule has 5 nitrogen and oxygen atoms in total. The van der Waals surface area contributed by atoms with Gasteiger partial charge >= 0.3 is 0 Å². The number of halogens is 1. The third-order valence-corrected chi connectivity index (χ3v) is 4.36. The fraction of sp³-hybridized carbons (Fsp3) is 0.368. The smallest absolute Gasteiger partial charge is 0.228 e. The Kier molecular flexibility index (Phi) is 5.16. The lowest BCUT2D eigenvalue weighted by atomic mass is 10.2. The fourth-order valence-corrected chi connectivity index (χ4v) is 2.83. The summed E-state index contributed by atoms with van der Waals surface area (Å²) in [5, 5.41) is 2.79. The summed E-state index contributed by atoms with van der Waals surface area (Å²) in [6.07, 6.45) is 1.77. The molecule has 0 saturated carbocycles. The quantitative estimate of drug-likeness (QED) is 0.927. The van der Waals surface area contributed by atoms with E-state index in [0.29, 0.717) is 11.5 Å². The number of hydrogen-bond acceptors (Lipinski definition) is 4. The second kappa shape index (κ2) is 7.51. The van der Waals surface area contributed by atoms with Gasteiger partial charge in [-0.3, -0.25) is 4.79 Å². The Morgan fingerprint density at radius 1 is 1.08 bits per heavy atom. The number of amides is 1. The van der Waals surface area contributed by atoms with Gasteiger partial charge in [-0.1, -0.05) is 26.0 Å². The van der Waals surface area contributed by atoms with E-state index in [1.807, 2.05) is 38.1 Å². The molecular formula is C19H23FN4O. The van der Waals surface area contributed by atoms with Gasteiger partial charge in [-0.15, -0.1) is 0 Å². The molecule has 0 unspecified atom stereocenters. The van der Waals surface area contributed by atoms with Gasteiger partial charge in [0.25, 0.3) is 0 Å². The van der Waals surface area contributed by atoms with Crippen molar-refractivity contribution in [2.75, 3.05) is 41.3 Å². The number of para-hydroxylation sites is 1. The highest BCUT2D eigenvalue weighted by molar-refractivity contribution is 5.91. The molecule has 132 valence electrons. The van der Waals surface area contributed by atoms with E-state index in [0.717, 1.165) is 31.9 Å². The second-order valence-corrected chi connectivity index (χ2v) is 6.47. The summed E-state index contributed by atoms with van der Waals surface area (Å²) < 4.78 is 13.9. The van der Waals surface area contributed by atoms with Gasteiger partial charge in [-0.05, 0) is 24.3 Å². The lowest BCUT2D eigenvalue weighted by Gasteiger charge is -2.37. The predicted molar refractivity (Wildman–Crippen MR) is 98.5 cm³/mol. The third-order valence-electron chi connectivity index (χ3n) is 4.36. The van der Waals surface area contributed by atoms with Crippen LogP contribution in [-0.2, 0) is 4.79 Å². The standard InChI is InChI=1S/C19H23FN4O/c1-14(2)19(25)22-18-8-7-15(13-21-18)23-9-11-24(12-10-23)17-6-4-3-5-16(17)20/h3-8,13-14H,9-12H2,1-2H3,(H,21,22,25). The van der Waals surface area contributed by atoms with Crippen LogP contribution in [0, 0.1) is 11.7 Å².